The smallest absolute Gasteiger partial charge is 0.253 e. The maximum Gasteiger partial charge on any atom is 0.253 e. The molecule has 0 bridgehead atoms. The molecule has 0 radical (unpaired) electrons. The third-order valence-corrected chi connectivity index (χ3v) is 3.62. The second kappa shape index (κ2) is 8.51. The molecule has 0 aliphatic carbocycles. The van der Waals surface area contributed by atoms with Crippen LogP contribution in [0.3, 0.4) is 0 Å². The molecule has 3 rings (SSSR count). The summed E-state index contributed by atoms with van der Waals surface area (Å²) in [6.07, 6.45) is 6.72. The Morgan fingerprint density at radius 1 is 1.19 bits per heavy atom. The highest BCUT2D eigenvalue weighted by Crippen LogP contribution is 2.03. The number of carbonyl (C=O) groups excluding carboxylic acids is 2. The molecule has 134 valence electrons. The minimum absolute atomic E-state index is 0.0976. The summed E-state index contributed by atoms with van der Waals surface area (Å²) in [5.41, 5.74) is 2.19. The number of nitrogens with zero attached hydrogens (tertiary/aromatic N) is 5. The van der Waals surface area contributed by atoms with Crippen molar-refractivity contribution in [2.45, 2.75) is 26.1 Å². The maximum atomic E-state index is 11.9. The molecule has 0 unspecified atom stereocenters. The number of rotatable bonds is 8. The van der Waals surface area contributed by atoms with Crippen molar-refractivity contribution in [1.29, 1.82) is 0 Å². The van der Waals surface area contributed by atoms with E-state index in [9.17, 15) is 9.59 Å². The highest BCUT2D eigenvalue weighted by Gasteiger charge is 2.07. The summed E-state index contributed by atoms with van der Waals surface area (Å²) in [5.74, 6) is -0.269. The maximum absolute atomic E-state index is 11.9. The van der Waals surface area contributed by atoms with Crippen LogP contribution in [0.1, 0.15) is 28.0 Å². The molecular weight excluding hydrogens is 336 g/mol. The van der Waals surface area contributed by atoms with Crippen LogP contribution < -0.4 is 10.6 Å². The summed E-state index contributed by atoms with van der Waals surface area (Å²) in [4.78, 5) is 30.9. The fourth-order valence-electron chi connectivity index (χ4n) is 2.26. The van der Waals surface area contributed by atoms with Gasteiger partial charge in [-0.25, -0.2) is 4.68 Å². The average Bonchev–Trinajstić information content (AvgIpc) is 3.37. The molecule has 0 aliphatic heterocycles. The minimum Gasteiger partial charge on any atom is -0.367 e. The lowest BCUT2D eigenvalue weighted by atomic mass is 10.2. The molecule has 3 N–H and O–H groups in total. The fraction of sp³-hybridized carbons (Fsp3) is 0.250. The first-order chi connectivity index (χ1) is 12.7. The zero-order chi connectivity index (χ0) is 18.2. The van der Waals surface area contributed by atoms with E-state index in [1.807, 2.05) is 12.1 Å². The summed E-state index contributed by atoms with van der Waals surface area (Å²) < 4.78 is 1.50. The third kappa shape index (κ3) is 4.97. The van der Waals surface area contributed by atoms with Crippen molar-refractivity contribution in [3.63, 3.8) is 0 Å². The molecule has 0 aliphatic rings. The molecule has 2 amide bonds. The van der Waals surface area contributed by atoms with Crippen molar-refractivity contribution in [2.75, 3.05) is 0 Å². The molecule has 3 aromatic rings. The number of H-pyrrole nitrogens is 1. The van der Waals surface area contributed by atoms with Crippen molar-refractivity contribution >= 4 is 11.8 Å². The predicted molar refractivity (Wildman–Crippen MR) is 90.5 cm³/mol. The number of nitrogens with one attached hydrogen (secondary N) is 3. The molecule has 10 nitrogen and oxygen atoms in total. The molecule has 0 spiro atoms. The summed E-state index contributed by atoms with van der Waals surface area (Å²) in [7, 11) is 0. The van der Waals surface area contributed by atoms with Crippen LogP contribution in [-0.2, 0) is 24.4 Å². The largest absolute Gasteiger partial charge is 0.367 e. The summed E-state index contributed by atoms with van der Waals surface area (Å²) in [6.45, 7) is 1.12. The van der Waals surface area contributed by atoms with Gasteiger partial charge in [-0.15, -0.1) is 5.10 Å². The standard InChI is InChI=1S/C16H18N8O2/c25-15(3-6-24-11-21-22-23-24)19-8-12-1-5-18-14(7-12)10-20-16(26)13-2-4-17-9-13/h1-2,4-5,7,9,11,17H,3,6,8,10H2,(H,19,25)(H,20,26). The molecular formula is C16H18N8O2. The van der Waals surface area contributed by atoms with Gasteiger partial charge in [0.05, 0.1) is 24.3 Å². The topological polar surface area (TPSA) is 130 Å². The third-order valence-electron chi connectivity index (χ3n) is 3.62. The Bertz CT molecular complexity index is 845. The number of carbonyl (C=O) groups is 2. The lowest BCUT2D eigenvalue weighted by Gasteiger charge is -2.08. The predicted octanol–water partition coefficient (Wildman–Crippen LogP) is 0.0327. The Morgan fingerprint density at radius 3 is 2.88 bits per heavy atom. The lowest BCUT2D eigenvalue weighted by Crippen LogP contribution is -2.25. The van der Waals surface area contributed by atoms with Crippen LogP contribution in [0.4, 0.5) is 0 Å². The van der Waals surface area contributed by atoms with Gasteiger partial charge in [0.1, 0.15) is 6.33 Å². The molecule has 0 atom stereocenters. The van der Waals surface area contributed by atoms with Crippen LogP contribution in [0, 0.1) is 0 Å². The van der Waals surface area contributed by atoms with Crippen LogP contribution in [-0.4, -0.2) is 42.0 Å². The van der Waals surface area contributed by atoms with E-state index in [1.54, 1.807) is 24.7 Å². The Labute approximate surface area is 149 Å². The van der Waals surface area contributed by atoms with E-state index < -0.39 is 0 Å². The van der Waals surface area contributed by atoms with Gasteiger partial charge in [-0.05, 0) is 34.2 Å². The second-order valence-corrected chi connectivity index (χ2v) is 5.54. The van der Waals surface area contributed by atoms with Crippen molar-refractivity contribution in [2.24, 2.45) is 0 Å². The SMILES string of the molecule is O=C(CCn1cnnn1)NCc1ccnc(CNC(=O)c2cc[nH]c2)c1. The molecule has 0 saturated heterocycles. The molecule has 26 heavy (non-hydrogen) atoms. The summed E-state index contributed by atoms with van der Waals surface area (Å²) in [5, 5.41) is 16.4. The van der Waals surface area contributed by atoms with Crippen molar-refractivity contribution < 1.29 is 9.59 Å². The zero-order valence-electron chi connectivity index (χ0n) is 13.9. The molecule has 3 aromatic heterocycles. The van der Waals surface area contributed by atoms with Gasteiger partial charge in [-0.1, -0.05) is 0 Å². The van der Waals surface area contributed by atoms with Crippen molar-refractivity contribution in [1.82, 2.24) is 40.8 Å². The van der Waals surface area contributed by atoms with Gasteiger partial charge in [0.25, 0.3) is 5.91 Å². The minimum atomic E-state index is -0.172. The first-order valence-corrected chi connectivity index (χ1v) is 8.03. The Balaban J connectivity index is 1.44. The number of pyridine rings is 1. The first-order valence-electron chi connectivity index (χ1n) is 8.03. The van der Waals surface area contributed by atoms with Crippen LogP contribution in [0.15, 0.2) is 43.1 Å². The Morgan fingerprint density at radius 2 is 2.12 bits per heavy atom. The van der Waals surface area contributed by atoms with E-state index in [-0.39, 0.29) is 18.2 Å². The van der Waals surface area contributed by atoms with Crippen LogP contribution in [0.5, 0.6) is 0 Å². The number of aromatic amines is 1. The van der Waals surface area contributed by atoms with Crippen molar-refractivity contribution in [3.8, 4) is 0 Å². The van der Waals surface area contributed by atoms with E-state index in [0.717, 1.165) is 5.56 Å². The number of hydrogen-bond donors (Lipinski definition) is 3. The summed E-state index contributed by atoms with van der Waals surface area (Å²) in [6, 6.07) is 5.36. The molecule has 10 heteroatoms. The highest BCUT2D eigenvalue weighted by molar-refractivity contribution is 5.93. The van der Waals surface area contributed by atoms with Gasteiger partial charge in [0, 0.05) is 31.6 Å². The molecule has 3 heterocycles. The van der Waals surface area contributed by atoms with Gasteiger partial charge in [-0.3, -0.25) is 14.6 Å². The second-order valence-electron chi connectivity index (χ2n) is 5.54. The van der Waals surface area contributed by atoms with Crippen LogP contribution in [0.25, 0.3) is 0 Å². The van der Waals surface area contributed by atoms with Crippen molar-refractivity contribution in [3.05, 3.63) is 59.9 Å². The zero-order valence-corrected chi connectivity index (χ0v) is 13.9. The van der Waals surface area contributed by atoms with E-state index >= 15 is 0 Å². The van der Waals surface area contributed by atoms with E-state index in [2.05, 4.69) is 36.1 Å². The average molecular weight is 354 g/mol. The lowest BCUT2D eigenvalue weighted by molar-refractivity contribution is -0.121. The monoisotopic (exact) mass is 354 g/mol. The molecule has 0 fully saturated rings. The number of amides is 2. The number of aryl methyl sites for hydroxylation is 1. The summed E-state index contributed by atoms with van der Waals surface area (Å²) >= 11 is 0. The van der Waals surface area contributed by atoms with Gasteiger partial charge in [0.2, 0.25) is 5.91 Å². The molecule has 0 saturated carbocycles. The van der Waals surface area contributed by atoms with E-state index in [0.29, 0.717) is 30.9 Å². The first kappa shape index (κ1) is 17.3. The Kier molecular flexibility index (Phi) is 5.65. The number of tetrazole rings is 1. The highest BCUT2D eigenvalue weighted by atomic mass is 16.2. The van der Waals surface area contributed by atoms with Gasteiger partial charge < -0.3 is 15.6 Å². The van der Waals surface area contributed by atoms with E-state index in [1.165, 1.54) is 11.0 Å². The number of aromatic nitrogens is 6. The van der Waals surface area contributed by atoms with Gasteiger partial charge in [-0.2, -0.15) is 0 Å². The Hall–Kier alpha value is -3.56. The fourth-order valence-corrected chi connectivity index (χ4v) is 2.26. The quantitative estimate of drug-likeness (QED) is 0.523. The van der Waals surface area contributed by atoms with Crippen LogP contribution >= 0.6 is 0 Å². The van der Waals surface area contributed by atoms with Gasteiger partial charge in [0.15, 0.2) is 0 Å². The van der Waals surface area contributed by atoms with Gasteiger partial charge >= 0.3 is 0 Å². The van der Waals surface area contributed by atoms with E-state index in [4.69, 9.17) is 0 Å². The normalized spacial score (nSPS) is 10.5. The molecule has 0 aromatic carbocycles. The van der Waals surface area contributed by atoms with Crippen LogP contribution in [0.2, 0.25) is 0 Å². The number of hydrogen-bond acceptors (Lipinski definition) is 6.